The first-order valence-corrected chi connectivity index (χ1v) is 7.83. The molecule has 0 amide bonds. The molecule has 21 heavy (non-hydrogen) atoms. The standard InChI is InChI=1S/C17H17Cl2NO/c1-11-8-13(18)3-7-17(11)21-15-6-2-12(16(19)9-15)10-20-14-4-5-14/h2-3,6-9,14,20H,4-5,10H2,1H3. The van der Waals surface area contributed by atoms with E-state index in [9.17, 15) is 0 Å². The van der Waals surface area contributed by atoms with Crippen LogP contribution < -0.4 is 10.1 Å². The van der Waals surface area contributed by atoms with Crippen molar-refractivity contribution < 1.29 is 4.74 Å². The molecule has 1 aliphatic rings. The van der Waals surface area contributed by atoms with Crippen molar-refractivity contribution >= 4 is 23.2 Å². The van der Waals surface area contributed by atoms with Gasteiger partial charge < -0.3 is 10.1 Å². The highest BCUT2D eigenvalue weighted by Gasteiger charge is 2.20. The van der Waals surface area contributed by atoms with Gasteiger partial charge in [0.15, 0.2) is 0 Å². The van der Waals surface area contributed by atoms with Crippen LogP contribution in [0.3, 0.4) is 0 Å². The Kier molecular flexibility index (Phi) is 4.39. The molecule has 0 saturated heterocycles. The molecule has 2 aromatic rings. The number of halogens is 2. The summed E-state index contributed by atoms with van der Waals surface area (Å²) in [5.74, 6) is 1.53. The lowest BCUT2D eigenvalue weighted by molar-refractivity contribution is 0.478. The Balaban J connectivity index is 1.71. The number of ether oxygens (including phenoxy) is 1. The molecule has 3 rings (SSSR count). The predicted octanol–water partition coefficient (Wildman–Crippen LogP) is 5.35. The third-order valence-corrected chi connectivity index (χ3v) is 4.13. The Hall–Kier alpha value is -1.22. The molecule has 0 heterocycles. The van der Waals surface area contributed by atoms with Crippen LogP contribution in [0.15, 0.2) is 36.4 Å². The third-order valence-electron chi connectivity index (χ3n) is 3.55. The van der Waals surface area contributed by atoms with E-state index in [0.717, 1.165) is 34.2 Å². The molecule has 0 radical (unpaired) electrons. The Morgan fingerprint density at radius 1 is 1.14 bits per heavy atom. The van der Waals surface area contributed by atoms with Gasteiger partial charge in [-0.2, -0.15) is 0 Å². The summed E-state index contributed by atoms with van der Waals surface area (Å²) in [4.78, 5) is 0. The van der Waals surface area contributed by atoms with Crippen molar-refractivity contribution in [1.29, 1.82) is 0 Å². The summed E-state index contributed by atoms with van der Waals surface area (Å²) in [7, 11) is 0. The molecule has 0 unspecified atom stereocenters. The van der Waals surface area contributed by atoms with Crippen LogP contribution in [0, 0.1) is 6.92 Å². The second-order valence-corrected chi connectivity index (χ2v) is 6.26. The normalized spacial score (nSPS) is 14.2. The van der Waals surface area contributed by atoms with Gasteiger partial charge in [0, 0.05) is 22.6 Å². The second-order valence-electron chi connectivity index (χ2n) is 5.42. The summed E-state index contributed by atoms with van der Waals surface area (Å²) in [6.45, 7) is 2.78. The predicted molar refractivity (Wildman–Crippen MR) is 87.6 cm³/mol. The molecule has 0 bridgehead atoms. The summed E-state index contributed by atoms with van der Waals surface area (Å²) < 4.78 is 5.87. The topological polar surface area (TPSA) is 21.3 Å². The van der Waals surface area contributed by atoms with E-state index in [1.807, 2.05) is 43.3 Å². The highest BCUT2D eigenvalue weighted by molar-refractivity contribution is 6.31. The van der Waals surface area contributed by atoms with Gasteiger partial charge >= 0.3 is 0 Å². The quantitative estimate of drug-likeness (QED) is 0.801. The van der Waals surface area contributed by atoms with Crippen LogP contribution in [0.2, 0.25) is 10.0 Å². The third kappa shape index (κ3) is 3.91. The second kappa shape index (κ2) is 6.27. The molecule has 2 aromatic carbocycles. The number of benzene rings is 2. The zero-order chi connectivity index (χ0) is 14.8. The first-order chi connectivity index (χ1) is 10.1. The maximum absolute atomic E-state index is 6.32. The van der Waals surface area contributed by atoms with Gasteiger partial charge in [-0.15, -0.1) is 0 Å². The molecule has 0 spiro atoms. The summed E-state index contributed by atoms with van der Waals surface area (Å²) in [6, 6.07) is 12.1. The molecule has 1 aliphatic carbocycles. The average molecular weight is 322 g/mol. The molecule has 0 aromatic heterocycles. The van der Waals surface area contributed by atoms with Crippen LogP contribution in [-0.4, -0.2) is 6.04 Å². The number of rotatable bonds is 5. The monoisotopic (exact) mass is 321 g/mol. The molecule has 1 N–H and O–H groups in total. The fourth-order valence-electron chi connectivity index (χ4n) is 2.13. The Morgan fingerprint density at radius 2 is 1.95 bits per heavy atom. The van der Waals surface area contributed by atoms with Gasteiger partial charge in [-0.1, -0.05) is 29.3 Å². The minimum Gasteiger partial charge on any atom is -0.457 e. The highest BCUT2D eigenvalue weighted by Crippen LogP contribution is 2.30. The maximum atomic E-state index is 6.32. The summed E-state index contributed by atoms with van der Waals surface area (Å²) in [5.41, 5.74) is 2.10. The molecule has 0 atom stereocenters. The lowest BCUT2D eigenvalue weighted by Gasteiger charge is -2.11. The van der Waals surface area contributed by atoms with Crippen molar-refractivity contribution in [3.05, 3.63) is 57.6 Å². The van der Waals surface area contributed by atoms with Crippen LogP contribution in [0.4, 0.5) is 0 Å². The number of hydrogen-bond acceptors (Lipinski definition) is 2. The molecular weight excluding hydrogens is 305 g/mol. The van der Waals surface area contributed by atoms with Crippen molar-refractivity contribution in [3.63, 3.8) is 0 Å². The van der Waals surface area contributed by atoms with E-state index in [-0.39, 0.29) is 0 Å². The Morgan fingerprint density at radius 3 is 2.62 bits per heavy atom. The molecule has 1 saturated carbocycles. The summed E-state index contributed by atoms with van der Waals surface area (Å²) >= 11 is 12.3. The van der Waals surface area contributed by atoms with E-state index in [1.165, 1.54) is 12.8 Å². The van der Waals surface area contributed by atoms with Crippen LogP contribution >= 0.6 is 23.2 Å². The zero-order valence-electron chi connectivity index (χ0n) is 11.8. The van der Waals surface area contributed by atoms with Crippen molar-refractivity contribution in [2.75, 3.05) is 0 Å². The van der Waals surface area contributed by atoms with Gasteiger partial charge in [0.1, 0.15) is 11.5 Å². The largest absolute Gasteiger partial charge is 0.457 e. The lowest BCUT2D eigenvalue weighted by Crippen LogP contribution is -2.15. The lowest BCUT2D eigenvalue weighted by atomic mass is 10.2. The Labute approximate surface area is 135 Å². The first kappa shape index (κ1) is 14.7. The van der Waals surface area contributed by atoms with Crippen LogP contribution in [0.5, 0.6) is 11.5 Å². The zero-order valence-corrected chi connectivity index (χ0v) is 13.3. The van der Waals surface area contributed by atoms with Crippen LogP contribution in [0.25, 0.3) is 0 Å². The molecule has 0 aliphatic heterocycles. The van der Waals surface area contributed by atoms with Crippen LogP contribution in [-0.2, 0) is 6.54 Å². The Bertz CT molecular complexity index is 653. The van der Waals surface area contributed by atoms with Gasteiger partial charge in [-0.3, -0.25) is 0 Å². The van der Waals surface area contributed by atoms with E-state index in [0.29, 0.717) is 11.1 Å². The molecule has 4 heteroatoms. The van der Waals surface area contributed by atoms with Gasteiger partial charge in [-0.05, 0) is 61.2 Å². The maximum Gasteiger partial charge on any atom is 0.130 e. The van der Waals surface area contributed by atoms with Gasteiger partial charge in [-0.25, -0.2) is 0 Å². The van der Waals surface area contributed by atoms with Crippen molar-refractivity contribution in [3.8, 4) is 11.5 Å². The molecule has 2 nitrogen and oxygen atoms in total. The fourth-order valence-corrected chi connectivity index (χ4v) is 2.59. The molecular formula is C17H17Cl2NO. The van der Waals surface area contributed by atoms with E-state index in [4.69, 9.17) is 27.9 Å². The van der Waals surface area contributed by atoms with Gasteiger partial charge in [0.25, 0.3) is 0 Å². The molecule has 1 fully saturated rings. The SMILES string of the molecule is Cc1cc(Cl)ccc1Oc1ccc(CNC2CC2)c(Cl)c1. The van der Waals surface area contributed by atoms with Crippen molar-refractivity contribution in [1.82, 2.24) is 5.32 Å². The van der Waals surface area contributed by atoms with Gasteiger partial charge in [0.2, 0.25) is 0 Å². The smallest absolute Gasteiger partial charge is 0.130 e. The number of aryl methyl sites for hydroxylation is 1. The van der Waals surface area contributed by atoms with Crippen molar-refractivity contribution in [2.45, 2.75) is 32.4 Å². The summed E-state index contributed by atoms with van der Waals surface area (Å²) in [6.07, 6.45) is 2.54. The first-order valence-electron chi connectivity index (χ1n) is 7.07. The van der Waals surface area contributed by atoms with E-state index >= 15 is 0 Å². The van der Waals surface area contributed by atoms with E-state index in [1.54, 1.807) is 0 Å². The minimum absolute atomic E-state index is 0.675. The van der Waals surface area contributed by atoms with Gasteiger partial charge in [0.05, 0.1) is 0 Å². The average Bonchev–Trinajstić information content (AvgIpc) is 3.25. The number of hydrogen-bond donors (Lipinski definition) is 1. The molecule has 110 valence electrons. The summed E-state index contributed by atoms with van der Waals surface area (Å²) in [5, 5.41) is 4.90. The number of nitrogens with one attached hydrogen (secondary N) is 1. The van der Waals surface area contributed by atoms with Crippen molar-refractivity contribution in [2.24, 2.45) is 0 Å². The minimum atomic E-state index is 0.675. The van der Waals surface area contributed by atoms with E-state index in [2.05, 4.69) is 5.32 Å². The fraction of sp³-hybridized carbons (Fsp3) is 0.294. The van der Waals surface area contributed by atoms with E-state index < -0.39 is 0 Å². The van der Waals surface area contributed by atoms with Crippen LogP contribution in [0.1, 0.15) is 24.0 Å². The highest BCUT2D eigenvalue weighted by atomic mass is 35.5.